The van der Waals surface area contributed by atoms with Gasteiger partial charge in [0.2, 0.25) is 5.70 Å². The number of hydrogen-bond donors (Lipinski definition) is 1. The van der Waals surface area contributed by atoms with Crippen LogP contribution in [0.5, 0.6) is 0 Å². The zero-order valence-corrected chi connectivity index (χ0v) is 17.9. The maximum atomic E-state index is 12.3. The van der Waals surface area contributed by atoms with Crippen molar-refractivity contribution in [3.05, 3.63) is 61.4 Å². The van der Waals surface area contributed by atoms with E-state index in [0.29, 0.717) is 20.9 Å². The van der Waals surface area contributed by atoms with Crippen molar-refractivity contribution < 1.29 is 14.6 Å². The van der Waals surface area contributed by atoms with Gasteiger partial charge < -0.3 is 9.84 Å². The van der Waals surface area contributed by atoms with Crippen molar-refractivity contribution in [3.8, 4) is 0 Å². The minimum Gasteiger partial charge on any atom is -0.504 e. The third kappa shape index (κ3) is 5.28. The highest BCUT2D eigenvalue weighted by atomic mass is 79.9. The largest absolute Gasteiger partial charge is 0.504 e. The lowest BCUT2D eigenvalue weighted by atomic mass is 10.2. The smallest absolute Gasteiger partial charge is 0.362 e. The van der Waals surface area contributed by atoms with Crippen molar-refractivity contribution in [3.63, 3.8) is 0 Å². The van der Waals surface area contributed by atoms with Gasteiger partial charge in [-0.1, -0.05) is 23.2 Å². The molecule has 0 aliphatic rings. The number of halogens is 3. The SMILES string of the molecule is CCOC(=O)/C(N=Nc1ccc(Cl)c(Cl)c1)=C(/O)c1nc(C)c(C)cc1Br. The molecule has 1 aromatic carbocycles. The summed E-state index contributed by atoms with van der Waals surface area (Å²) in [6.07, 6.45) is 0. The van der Waals surface area contributed by atoms with E-state index in [1.54, 1.807) is 32.0 Å². The first kappa shape index (κ1) is 21.3. The van der Waals surface area contributed by atoms with Crippen molar-refractivity contribution in [2.24, 2.45) is 10.2 Å². The van der Waals surface area contributed by atoms with Crippen molar-refractivity contribution in [1.29, 1.82) is 0 Å². The third-order valence-electron chi connectivity index (χ3n) is 3.51. The molecule has 6 nitrogen and oxygen atoms in total. The summed E-state index contributed by atoms with van der Waals surface area (Å²) < 4.78 is 5.48. The number of aryl methyl sites for hydroxylation is 2. The number of pyridine rings is 1. The van der Waals surface area contributed by atoms with E-state index in [-0.39, 0.29) is 23.0 Å². The number of azo groups is 1. The first-order chi connectivity index (χ1) is 12.7. The Morgan fingerprint density at radius 1 is 1.26 bits per heavy atom. The van der Waals surface area contributed by atoms with E-state index in [9.17, 15) is 9.90 Å². The molecule has 0 saturated carbocycles. The van der Waals surface area contributed by atoms with E-state index in [4.69, 9.17) is 27.9 Å². The number of aliphatic hydroxyl groups is 1. The summed E-state index contributed by atoms with van der Waals surface area (Å²) in [6.45, 7) is 5.43. The minimum atomic E-state index is -0.828. The molecule has 0 bridgehead atoms. The Kier molecular flexibility index (Phi) is 7.35. The highest BCUT2D eigenvalue weighted by molar-refractivity contribution is 9.10. The third-order valence-corrected chi connectivity index (χ3v) is 4.85. The first-order valence-corrected chi connectivity index (χ1v) is 9.40. The van der Waals surface area contributed by atoms with Crippen LogP contribution in [0.15, 0.2) is 44.7 Å². The molecular weight excluding hydrogens is 457 g/mol. The van der Waals surface area contributed by atoms with Gasteiger partial charge in [-0.2, -0.15) is 5.11 Å². The number of benzene rings is 1. The molecule has 0 atom stereocenters. The predicted molar refractivity (Wildman–Crippen MR) is 109 cm³/mol. The Morgan fingerprint density at radius 3 is 2.59 bits per heavy atom. The van der Waals surface area contributed by atoms with Crippen molar-refractivity contribution >= 4 is 56.5 Å². The fourth-order valence-electron chi connectivity index (χ4n) is 1.99. The molecule has 2 rings (SSSR count). The van der Waals surface area contributed by atoms with Crippen LogP contribution in [0.25, 0.3) is 5.76 Å². The van der Waals surface area contributed by atoms with E-state index in [1.165, 1.54) is 6.07 Å². The van der Waals surface area contributed by atoms with Crippen LogP contribution in [-0.2, 0) is 9.53 Å². The summed E-state index contributed by atoms with van der Waals surface area (Å²) in [5, 5.41) is 19.1. The van der Waals surface area contributed by atoms with Crippen molar-refractivity contribution in [2.45, 2.75) is 20.8 Å². The number of aliphatic hydroxyl groups excluding tert-OH is 1. The van der Waals surface area contributed by atoms with Gasteiger partial charge in [-0.15, -0.1) is 5.11 Å². The van der Waals surface area contributed by atoms with E-state index < -0.39 is 11.7 Å². The Morgan fingerprint density at radius 2 is 1.96 bits per heavy atom. The maximum Gasteiger partial charge on any atom is 0.362 e. The Bertz CT molecular complexity index is 946. The summed E-state index contributed by atoms with van der Waals surface area (Å²) >= 11 is 15.2. The molecule has 0 spiro atoms. The van der Waals surface area contributed by atoms with Crippen LogP contribution < -0.4 is 0 Å². The predicted octanol–water partition coefficient (Wildman–Crippen LogP) is 6.34. The van der Waals surface area contributed by atoms with Gasteiger partial charge in [0.05, 0.1) is 22.3 Å². The zero-order valence-electron chi connectivity index (χ0n) is 14.8. The van der Waals surface area contributed by atoms with Crippen LogP contribution in [0.2, 0.25) is 10.0 Å². The molecule has 1 aromatic heterocycles. The van der Waals surface area contributed by atoms with Gasteiger partial charge in [0.15, 0.2) is 5.76 Å². The number of carbonyl (C=O) groups excluding carboxylic acids is 1. The van der Waals surface area contributed by atoms with Crippen molar-refractivity contribution in [2.75, 3.05) is 6.61 Å². The summed E-state index contributed by atoms with van der Waals surface area (Å²) in [5.74, 6) is -1.28. The standard InChI is InChI=1S/C18H16BrCl2N3O3/c1-4-27-18(26)16(24-23-11-5-6-13(20)14(21)8-11)17(25)15-12(19)7-9(2)10(3)22-15/h5-8,25H,4H2,1-3H3/b17-16-,24-23?. The van der Waals surface area contributed by atoms with Crippen LogP contribution in [0.1, 0.15) is 23.9 Å². The molecule has 0 fully saturated rings. The van der Waals surface area contributed by atoms with Gasteiger partial charge in [-0.3, -0.25) is 0 Å². The molecule has 1 heterocycles. The topological polar surface area (TPSA) is 84.1 Å². The van der Waals surface area contributed by atoms with Crippen LogP contribution in [0.4, 0.5) is 5.69 Å². The average Bonchev–Trinajstić information content (AvgIpc) is 2.61. The summed E-state index contributed by atoms with van der Waals surface area (Å²) in [7, 11) is 0. The van der Waals surface area contributed by atoms with E-state index in [1.807, 2.05) is 6.92 Å². The summed E-state index contributed by atoms with van der Waals surface area (Å²) in [5.41, 5.74) is 1.76. The lowest BCUT2D eigenvalue weighted by Gasteiger charge is -2.09. The van der Waals surface area contributed by atoms with Gasteiger partial charge in [0.25, 0.3) is 0 Å². The molecule has 0 aliphatic heterocycles. The quantitative estimate of drug-likeness (QED) is 0.238. The molecule has 2 aromatic rings. The lowest BCUT2D eigenvalue weighted by Crippen LogP contribution is -2.09. The molecule has 0 unspecified atom stereocenters. The minimum absolute atomic E-state index is 0.111. The molecule has 0 amide bonds. The second-order valence-electron chi connectivity index (χ2n) is 5.44. The molecule has 1 N–H and O–H groups in total. The Labute approximate surface area is 175 Å². The van der Waals surface area contributed by atoms with Gasteiger partial charge in [-0.25, -0.2) is 9.78 Å². The van der Waals surface area contributed by atoms with Gasteiger partial charge >= 0.3 is 5.97 Å². The van der Waals surface area contributed by atoms with Gasteiger partial charge in [0.1, 0.15) is 5.69 Å². The molecule has 9 heteroatoms. The highest BCUT2D eigenvalue weighted by Crippen LogP contribution is 2.29. The first-order valence-electron chi connectivity index (χ1n) is 7.85. The Balaban J connectivity index is 2.54. The molecule has 27 heavy (non-hydrogen) atoms. The second kappa shape index (κ2) is 9.30. The Hall–Kier alpha value is -1.96. The summed E-state index contributed by atoms with van der Waals surface area (Å²) in [6, 6.07) is 6.39. The summed E-state index contributed by atoms with van der Waals surface area (Å²) in [4.78, 5) is 16.6. The average molecular weight is 473 g/mol. The van der Waals surface area contributed by atoms with E-state index >= 15 is 0 Å². The zero-order chi connectivity index (χ0) is 20.1. The molecule has 142 valence electrons. The maximum absolute atomic E-state index is 12.3. The number of carbonyl (C=O) groups is 1. The lowest BCUT2D eigenvalue weighted by molar-refractivity contribution is -0.138. The fourth-order valence-corrected chi connectivity index (χ4v) is 2.90. The number of ether oxygens (including phenoxy) is 1. The van der Waals surface area contributed by atoms with Crippen LogP contribution in [-0.4, -0.2) is 22.7 Å². The highest BCUT2D eigenvalue weighted by Gasteiger charge is 2.21. The number of aromatic nitrogens is 1. The number of nitrogens with zero attached hydrogens (tertiary/aromatic N) is 3. The van der Waals surface area contributed by atoms with E-state index in [0.717, 1.165) is 5.56 Å². The molecule has 0 saturated heterocycles. The monoisotopic (exact) mass is 471 g/mol. The molecular formula is C18H16BrCl2N3O3. The molecule has 0 radical (unpaired) electrons. The normalized spacial score (nSPS) is 12.2. The fraction of sp³-hybridized carbons (Fsp3) is 0.222. The number of rotatable bonds is 5. The second-order valence-corrected chi connectivity index (χ2v) is 7.11. The van der Waals surface area contributed by atoms with Crippen LogP contribution >= 0.6 is 39.1 Å². The number of hydrogen-bond acceptors (Lipinski definition) is 6. The van der Waals surface area contributed by atoms with Crippen LogP contribution in [0.3, 0.4) is 0 Å². The van der Waals surface area contributed by atoms with Gasteiger partial charge in [-0.05, 0) is 66.5 Å². The van der Waals surface area contributed by atoms with Crippen LogP contribution in [0, 0.1) is 13.8 Å². The van der Waals surface area contributed by atoms with E-state index in [2.05, 4.69) is 31.1 Å². The van der Waals surface area contributed by atoms with Crippen molar-refractivity contribution in [1.82, 2.24) is 4.98 Å². The van der Waals surface area contributed by atoms with Gasteiger partial charge in [0, 0.05) is 10.2 Å². The molecule has 0 aliphatic carbocycles. The number of esters is 1.